The maximum atomic E-state index is 10.3. The molecule has 0 unspecified atom stereocenters. The molecule has 0 fully saturated rings. The largest absolute Gasteiger partial charge is 0.524 e. The maximum Gasteiger partial charge on any atom is 0.524 e. The minimum absolute atomic E-state index is 0. The first-order chi connectivity index (χ1) is 5.08. The van der Waals surface area contributed by atoms with Gasteiger partial charge in [0.05, 0.1) is 0 Å². The highest BCUT2D eigenvalue weighted by Gasteiger charge is 2.14. The SMILES string of the molecule is Br.Br.O=P(O)(O)Oc1ccccc1. The third-order valence-electron chi connectivity index (χ3n) is 0.968. The first-order valence-electron chi connectivity index (χ1n) is 2.88. The molecule has 0 aliphatic rings. The molecule has 0 spiro atoms. The van der Waals surface area contributed by atoms with Crippen LogP contribution in [0.4, 0.5) is 0 Å². The molecule has 1 rings (SSSR count). The van der Waals surface area contributed by atoms with E-state index in [0.717, 1.165) is 0 Å². The van der Waals surface area contributed by atoms with Crippen LogP contribution in [0.1, 0.15) is 0 Å². The molecule has 13 heavy (non-hydrogen) atoms. The molecule has 7 heteroatoms. The number of phosphoric acid groups is 1. The maximum absolute atomic E-state index is 10.3. The summed E-state index contributed by atoms with van der Waals surface area (Å²) in [6, 6.07) is 7.93. The summed E-state index contributed by atoms with van der Waals surface area (Å²) in [5.41, 5.74) is 0. The van der Waals surface area contributed by atoms with Crippen LogP contribution in [-0.2, 0) is 4.57 Å². The van der Waals surface area contributed by atoms with Gasteiger partial charge in [0, 0.05) is 0 Å². The highest BCUT2D eigenvalue weighted by Crippen LogP contribution is 2.36. The number of halogens is 2. The molecule has 4 nitrogen and oxygen atoms in total. The fraction of sp³-hybridized carbons (Fsp3) is 0. The average molecular weight is 336 g/mol. The summed E-state index contributed by atoms with van der Waals surface area (Å²) in [6.45, 7) is 0. The monoisotopic (exact) mass is 334 g/mol. The van der Waals surface area contributed by atoms with E-state index < -0.39 is 7.82 Å². The van der Waals surface area contributed by atoms with Gasteiger partial charge >= 0.3 is 7.82 Å². The first-order valence-corrected chi connectivity index (χ1v) is 4.41. The summed E-state index contributed by atoms with van der Waals surface area (Å²) >= 11 is 0. The van der Waals surface area contributed by atoms with Crippen molar-refractivity contribution in [3.63, 3.8) is 0 Å². The second kappa shape index (κ2) is 6.56. The first kappa shape index (κ1) is 15.6. The molecule has 0 saturated heterocycles. The number of rotatable bonds is 2. The van der Waals surface area contributed by atoms with Crippen LogP contribution in [-0.4, -0.2) is 9.79 Å². The number of hydrogen-bond acceptors (Lipinski definition) is 2. The topological polar surface area (TPSA) is 66.8 Å². The van der Waals surface area contributed by atoms with Gasteiger partial charge in [-0.05, 0) is 12.1 Å². The van der Waals surface area contributed by atoms with E-state index in [2.05, 4.69) is 4.52 Å². The van der Waals surface area contributed by atoms with Gasteiger partial charge in [0.1, 0.15) is 5.75 Å². The molecule has 2 N–H and O–H groups in total. The molecular formula is C6H9Br2O4P. The van der Waals surface area contributed by atoms with Crippen molar-refractivity contribution in [1.82, 2.24) is 0 Å². The van der Waals surface area contributed by atoms with E-state index in [0.29, 0.717) is 0 Å². The van der Waals surface area contributed by atoms with Gasteiger partial charge in [-0.2, -0.15) is 0 Å². The summed E-state index contributed by atoms with van der Waals surface area (Å²) in [7, 11) is -4.39. The number of phosphoric ester groups is 1. The van der Waals surface area contributed by atoms with Crippen LogP contribution in [0.25, 0.3) is 0 Å². The quantitative estimate of drug-likeness (QED) is 0.814. The van der Waals surface area contributed by atoms with E-state index in [1.807, 2.05) is 0 Å². The summed E-state index contributed by atoms with van der Waals surface area (Å²) in [5.74, 6) is 0.167. The van der Waals surface area contributed by atoms with Crippen molar-refractivity contribution < 1.29 is 18.9 Å². The van der Waals surface area contributed by atoms with Crippen LogP contribution in [0.15, 0.2) is 30.3 Å². The fourth-order valence-corrected chi connectivity index (χ4v) is 1.02. The van der Waals surface area contributed by atoms with Crippen molar-refractivity contribution in [2.45, 2.75) is 0 Å². The Bertz CT molecular complexity index is 273. The average Bonchev–Trinajstić information content (AvgIpc) is 1.85. The molecule has 0 amide bonds. The van der Waals surface area contributed by atoms with E-state index in [-0.39, 0.29) is 39.7 Å². The van der Waals surface area contributed by atoms with E-state index in [1.165, 1.54) is 12.1 Å². The normalized spacial score (nSPS) is 9.38. The van der Waals surface area contributed by atoms with Crippen molar-refractivity contribution in [3.8, 4) is 5.75 Å². The molecule has 0 atom stereocenters. The summed E-state index contributed by atoms with van der Waals surface area (Å²) in [6.07, 6.45) is 0. The number of benzene rings is 1. The van der Waals surface area contributed by atoms with Crippen LogP contribution in [0.2, 0.25) is 0 Å². The molecule has 0 aliphatic heterocycles. The van der Waals surface area contributed by atoms with Crippen molar-refractivity contribution in [2.24, 2.45) is 0 Å². The summed E-state index contributed by atoms with van der Waals surface area (Å²) < 4.78 is 14.5. The number of hydrogen-bond donors (Lipinski definition) is 2. The van der Waals surface area contributed by atoms with Gasteiger partial charge in [-0.15, -0.1) is 34.0 Å². The molecule has 0 bridgehead atoms. The molecule has 76 valence electrons. The Kier molecular flexibility index (Phi) is 7.87. The highest BCUT2D eigenvalue weighted by molar-refractivity contribution is 8.93. The van der Waals surface area contributed by atoms with Crippen LogP contribution in [0.5, 0.6) is 5.75 Å². The van der Waals surface area contributed by atoms with Gasteiger partial charge in [-0.1, -0.05) is 18.2 Å². The zero-order chi connectivity index (χ0) is 8.32. The van der Waals surface area contributed by atoms with Crippen molar-refractivity contribution in [1.29, 1.82) is 0 Å². The predicted molar refractivity (Wildman–Crippen MR) is 59.8 cm³/mol. The number of para-hydroxylation sites is 1. The molecule has 0 aliphatic carbocycles. The second-order valence-electron chi connectivity index (χ2n) is 1.89. The van der Waals surface area contributed by atoms with Crippen molar-refractivity contribution in [3.05, 3.63) is 30.3 Å². The fourth-order valence-electron chi connectivity index (χ4n) is 0.619. The molecule has 0 radical (unpaired) electrons. The second-order valence-corrected chi connectivity index (χ2v) is 3.06. The zero-order valence-electron chi connectivity index (χ0n) is 6.36. The lowest BCUT2D eigenvalue weighted by Gasteiger charge is -2.04. The Morgan fingerprint density at radius 1 is 1.08 bits per heavy atom. The van der Waals surface area contributed by atoms with Gasteiger partial charge < -0.3 is 4.52 Å². The van der Waals surface area contributed by atoms with E-state index in [9.17, 15) is 4.57 Å². The lowest BCUT2D eigenvalue weighted by atomic mass is 10.3. The zero-order valence-corrected chi connectivity index (χ0v) is 10.7. The Balaban J connectivity index is 0. The predicted octanol–water partition coefficient (Wildman–Crippen LogP) is 2.31. The Hall–Kier alpha value is 0.130. The third-order valence-corrected chi connectivity index (χ3v) is 1.42. The Morgan fingerprint density at radius 2 is 1.54 bits per heavy atom. The highest BCUT2D eigenvalue weighted by atomic mass is 79.9. The molecule has 1 aromatic carbocycles. The minimum Gasteiger partial charge on any atom is -0.404 e. The van der Waals surface area contributed by atoms with Gasteiger partial charge in [-0.25, -0.2) is 4.57 Å². The summed E-state index contributed by atoms with van der Waals surface area (Å²) in [5, 5.41) is 0. The molecule has 0 saturated carbocycles. The standard InChI is InChI=1S/C6H7O4P.2BrH/c7-11(8,9)10-6-4-2-1-3-5-6;;/h1-5H,(H2,7,8,9);2*1H. The van der Waals surface area contributed by atoms with Gasteiger partial charge in [0.2, 0.25) is 0 Å². The molecule has 0 heterocycles. The van der Waals surface area contributed by atoms with E-state index >= 15 is 0 Å². The summed E-state index contributed by atoms with van der Waals surface area (Å²) in [4.78, 5) is 16.7. The minimum atomic E-state index is -4.39. The van der Waals surface area contributed by atoms with Crippen molar-refractivity contribution >= 4 is 41.8 Å². The molecule has 1 aromatic rings. The lowest BCUT2D eigenvalue weighted by Crippen LogP contribution is -1.88. The Morgan fingerprint density at radius 3 is 1.92 bits per heavy atom. The van der Waals surface area contributed by atoms with Crippen LogP contribution < -0.4 is 4.52 Å². The van der Waals surface area contributed by atoms with Gasteiger partial charge in [-0.3, -0.25) is 9.79 Å². The van der Waals surface area contributed by atoms with E-state index in [4.69, 9.17) is 9.79 Å². The lowest BCUT2D eigenvalue weighted by molar-refractivity contribution is 0.283. The van der Waals surface area contributed by atoms with Crippen LogP contribution in [0.3, 0.4) is 0 Å². The van der Waals surface area contributed by atoms with Gasteiger partial charge in [0.25, 0.3) is 0 Å². The van der Waals surface area contributed by atoms with E-state index in [1.54, 1.807) is 18.2 Å². The van der Waals surface area contributed by atoms with Crippen LogP contribution in [0, 0.1) is 0 Å². The van der Waals surface area contributed by atoms with Crippen LogP contribution >= 0.6 is 41.8 Å². The van der Waals surface area contributed by atoms with Gasteiger partial charge in [0.15, 0.2) is 0 Å². The third kappa shape index (κ3) is 7.22. The molecule has 0 aromatic heterocycles. The van der Waals surface area contributed by atoms with Crippen molar-refractivity contribution in [2.75, 3.05) is 0 Å². The smallest absolute Gasteiger partial charge is 0.404 e. The molecular weight excluding hydrogens is 327 g/mol. The Labute approximate surface area is 96.7 Å².